The van der Waals surface area contributed by atoms with Crippen LogP contribution in [0.5, 0.6) is 5.75 Å². The molecule has 0 saturated carbocycles. The van der Waals surface area contributed by atoms with Gasteiger partial charge in [-0.2, -0.15) is 0 Å². The Kier molecular flexibility index (Phi) is 4.29. The van der Waals surface area contributed by atoms with E-state index in [1.54, 1.807) is 7.11 Å². The Hall–Kier alpha value is -1.75. The first-order valence-electron chi connectivity index (χ1n) is 7.62. The molecule has 0 aliphatic carbocycles. The number of urea groups is 1. The van der Waals surface area contributed by atoms with Crippen LogP contribution in [-0.2, 0) is 11.2 Å². The Balaban J connectivity index is 1.67. The fourth-order valence-corrected chi connectivity index (χ4v) is 3.01. The molecule has 2 aliphatic heterocycles. The van der Waals surface area contributed by atoms with Crippen molar-refractivity contribution >= 4 is 11.7 Å². The average molecular weight is 290 g/mol. The maximum Gasteiger partial charge on any atom is 0.321 e. The van der Waals surface area contributed by atoms with Gasteiger partial charge in [0.1, 0.15) is 5.75 Å². The molecule has 0 aromatic heterocycles. The van der Waals surface area contributed by atoms with Crippen LogP contribution < -0.4 is 15.0 Å². The Morgan fingerprint density at radius 1 is 1.48 bits per heavy atom. The number of nitrogens with one attached hydrogen (secondary N) is 1. The number of carbonyl (C=O) groups excluding carboxylic acids is 1. The van der Waals surface area contributed by atoms with E-state index in [9.17, 15) is 4.79 Å². The molecule has 114 valence electrons. The highest BCUT2D eigenvalue weighted by molar-refractivity contribution is 5.93. The van der Waals surface area contributed by atoms with Crippen LogP contribution in [0, 0.1) is 0 Å². The number of methoxy groups -OCH3 is 1. The summed E-state index contributed by atoms with van der Waals surface area (Å²) >= 11 is 0. The molecule has 1 atom stereocenters. The molecule has 3 rings (SSSR count). The van der Waals surface area contributed by atoms with Crippen LogP contribution >= 0.6 is 0 Å². The van der Waals surface area contributed by atoms with Gasteiger partial charge in [-0.3, -0.25) is 4.90 Å². The second-order valence-electron chi connectivity index (χ2n) is 5.57. The van der Waals surface area contributed by atoms with Gasteiger partial charge in [-0.25, -0.2) is 4.79 Å². The van der Waals surface area contributed by atoms with Crippen molar-refractivity contribution in [2.75, 3.05) is 31.7 Å². The predicted octanol–water partition coefficient (Wildman–Crippen LogP) is 2.34. The zero-order chi connectivity index (χ0) is 14.7. The number of fused-ring (bicyclic) bond motifs is 1. The summed E-state index contributed by atoms with van der Waals surface area (Å²) in [5.74, 6) is 0.843. The van der Waals surface area contributed by atoms with E-state index >= 15 is 0 Å². The molecule has 1 aromatic carbocycles. The summed E-state index contributed by atoms with van der Waals surface area (Å²) in [6.45, 7) is 2.17. The second-order valence-corrected chi connectivity index (χ2v) is 5.57. The van der Waals surface area contributed by atoms with E-state index in [1.165, 1.54) is 5.56 Å². The number of benzene rings is 1. The molecule has 0 bridgehead atoms. The maximum absolute atomic E-state index is 12.4. The highest BCUT2D eigenvalue weighted by Gasteiger charge is 2.24. The number of nitrogens with zero attached hydrogens (tertiary/aromatic N) is 1. The topological polar surface area (TPSA) is 50.8 Å². The van der Waals surface area contributed by atoms with Crippen LogP contribution in [0.1, 0.15) is 24.8 Å². The predicted molar refractivity (Wildman–Crippen MR) is 81.0 cm³/mol. The lowest BCUT2D eigenvalue weighted by molar-refractivity contribution is 0.111. The fraction of sp³-hybridized carbons (Fsp3) is 0.562. The number of ether oxygens (including phenoxy) is 2. The van der Waals surface area contributed by atoms with Crippen molar-refractivity contribution in [3.05, 3.63) is 23.8 Å². The number of amides is 2. The van der Waals surface area contributed by atoms with Crippen molar-refractivity contribution in [2.24, 2.45) is 0 Å². The number of hydrogen-bond donors (Lipinski definition) is 1. The lowest BCUT2D eigenvalue weighted by Gasteiger charge is -2.30. The summed E-state index contributed by atoms with van der Waals surface area (Å²) in [5.41, 5.74) is 2.17. The van der Waals surface area contributed by atoms with E-state index in [-0.39, 0.29) is 12.1 Å². The molecule has 1 N–H and O–H groups in total. The first-order chi connectivity index (χ1) is 10.3. The van der Waals surface area contributed by atoms with Crippen LogP contribution in [0.15, 0.2) is 18.2 Å². The van der Waals surface area contributed by atoms with Crippen molar-refractivity contribution in [3.8, 4) is 5.75 Å². The molecule has 0 unspecified atom stereocenters. The van der Waals surface area contributed by atoms with E-state index in [0.717, 1.165) is 50.3 Å². The molecule has 2 heterocycles. The van der Waals surface area contributed by atoms with Crippen LogP contribution in [0.25, 0.3) is 0 Å². The minimum absolute atomic E-state index is 0.0309. The molecule has 1 aromatic rings. The average Bonchev–Trinajstić information content (AvgIpc) is 3.04. The lowest BCUT2D eigenvalue weighted by atomic mass is 10.0. The molecule has 5 heteroatoms. The standard InChI is InChI=1S/C16H22N2O3/c1-20-13-6-7-15-12(10-13)4-2-8-18(15)16(19)17-11-14-5-3-9-21-14/h6-7,10,14H,2-5,8-9,11H2,1H3,(H,17,19)/t14-/m1/s1. The van der Waals surface area contributed by atoms with Crippen LogP contribution in [-0.4, -0.2) is 38.9 Å². The van der Waals surface area contributed by atoms with Gasteiger partial charge in [0.25, 0.3) is 0 Å². The smallest absolute Gasteiger partial charge is 0.321 e. The lowest BCUT2D eigenvalue weighted by Crippen LogP contribution is -2.45. The van der Waals surface area contributed by atoms with Crippen molar-refractivity contribution in [2.45, 2.75) is 31.8 Å². The second kappa shape index (κ2) is 6.35. The molecule has 1 saturated heterocycles. The van der Waals surface area contributed by atoms with Crippen molar-refractivity contribution in [3.63, 3.8) is 0 Å². The summed E-state index contributed by atoms with van der Waals surface area (Å²) in [4.78, 5) is 14.2. The minimum atomic E-state index is -0.0309. The van der Waals surface area contributed by atoms with Crippen molar-refractivity contribution in [1.29, 1.82) is 0 Å². The first kappa shape index (κ1) is 14.2. The molecule has 2 amide bonds. The van der Waals surface area contributed by atoms with Crippen LogP contribution in [0.2, 0.25) is 0 Å². The molecule has 2 aliphatic rings. The van der Waals surface area contributed by atoms with Gasteiger partial charge >= 0.3 is 6.03 Å². The summed E-state index contributed by atoms with van der Waals surface area (Å²) in [7, 11) is 1.66. The van der Waals surface area contributed by atoms with Gasteiger partial charge in [0.05, 0.1) is 13.2 Å². The summed E-state index contributed by atoms with van der Waals surface area (Å²) in [6, 6.07) is 5.87. The third-order valence-electron chi connectivity index (χ3n) is 4.16. The van der Waals surface area contributed by atoms with Gasteiger partial charge in [-0.05, 0) is 49.4 Å². The Labute approximate surface area is 125 Å². The van der Waals surface area contributed by atoms with Gasteiger partial charge in [0, 0.05) is 25.4 Å². The quantitative estimate of drug-likeness (QED) is 0.929. The normalized spacial score (nSPS) is 21.0. The Bertz CT molecular complexity index is 512. The maximum atomic E-state index is 12.4. The van der Waals surface area contributed by atoms with E-state index in [2.05, 4.69) is 5.32 Å². The van der Waals surface area contributed by atoms with Crippen molar-refractivity contribution in [1.82, 2.24) is 5.32 Å². The van der Waals surface area contributed by atoms with Gasteiger partial charge in [0.2, 0.25) is 0 Å². The van der Waals surface area contributed by atoms with Crippen molar-refractivity contribution < 1.29 is 14.3 Å². The number of carbonyl (C=O) groups is 1. The highest BCUT2D eigenvalue weighted by Crippen LogP contribution is 2.30. The zero-order valence-electron chi connectivity index (χ0n) is 12.4. The van der Waals surface area contributed by atoms with E-state index in [4.69, 9.17) is 9.47 Å². The Morgan fingerprint density at radius 2 is 2.38 bits per heavy atom. The monoisotopic (exact) mass is 290 g/mol. The molecule has 0 spiro atoms. The van der Waals surface area contributed by atoms with E-state index in [1.807, 2.05) is 23.1 Å². The molecule has 1 fully saturated rings. The summed E-state index contributed by atoms with van der Waals surface area (Å²) in [6.07, 6.45) is 4.27. The minimum Gasteiger partial charge on any atom is -0.497 e. The number of rotatable bonds is 3. The highest BCUT2D eigenvalue weighted by atomic mass is 16.5. The van der Waals surface area contributed by atoms with Crippen LogP contribution in [0.3, 0.4) is 0 Å². The first-order valence-corrected chi connectivity index (χ1v) is 7.62. The summed E-state index contributed by atoms with van der Waals surface area (Å²) in [5, 5.41) is 2.99. The largest absolute Gasteiger partial charge is 0.497 e. The number of anilines is 1. The van der Waals surface area contributed by atoms with E-state index < -0.39 is 0 Å². The SMILES string of the molecule is COc1ccc2c(c1)CCCN2C(=O)NC[C@H]1CCCO1. The molecule has 5 nitrogen and oxygen atoms in total. The third kappa shape index (κ3) is 3.13. The number of hydrogen-bond acceptors (Lipinski definition) is 3. The third-order valence-corrected chi connectivity index (χ3v) is 4.16. The molecular weight excluding hydrogens is 268 g/mol. The van der Waals surface area contributed by atoms with Crippen LogP contribution in [0.4, 0.5) is 10.5 Å². The van der Waals surface area contributed by atoms with Gasteiger partial charge in [0.15, 0.2) is 0 Å². The van der Waals surface area contributed by atoms with Gasteiger partial charge in [-0.1, -0.05) is 0 Å². The molecule has 21 heavy (non-hydrogen) atoms. The fourth-order valence-electron chi connectivity index (χ4n) is 3.01. The molecule has 0 radical (unpaired) electrons. The van der Waals surface area contributed by atoms with Gasteiger partial charge in [-0.15, -0.1) is 0 Å². The Morgan fingerprint density at radius 3 is 3.14 bits per heavy atom. The summed E-state index contributed by atoms with van der Waals surface area (Å²) < 4.78 is 10.8. The molecular formula is C16H22N2O3. The van der Waals surface area contributed by atoms with Gasteiger partial charge < -0.3 is 14.8 Å². The zero-order valence-corrected chi connectivity index (χ0v) is 12.4. The van der Waals surface area contributed by atoms with E-state index in [0.29, 0.717) is 6.54 Å². The number of aryl methyl sites for hydroxylation is 1.